The molecule has 0 amide bonds. The first-order chi connectivity index (χ1) is 5.11. The molecular formula is C7H12ClN3S. The van der Waals surface area contributed by atoms with Crippen molar-refractivity contribution >= 4 is 29.6 Å². The Bertz CT molecular complexity index is 269. The van der Waals surface area contributed by atoms with Crippen LogP contribution < -0.4 is 11.5 Å². The Balaban J connectivity index is 0.00000121. The van der Waals surface area contributed by atoms with Crippen molar-refractivity contribution in [3.05, 3.63) is 21.9 Å². The molecule has 1 rings (SSSR count). The van der Waals surface area contributed by atoms with Crippen molar-refractivity contribution in [3.63, 3.8) is 0 Å². The zero-order valence-corrected chi connectivity index (χ0v) is 8.34. The zero-order chi connectivity index (χ0) is 8.43. The van der Waals surface area contributed by atoms with E-state index in [0.717, 1.165) is 10.4 Å². The highest BCUT2D eigenvalue weighted by Crippen LogP contribution is 2.19. The van der Waals surface area contributed by atoms with Crippen molar-refractivity contribution < 1.29 is 0 Å². The standard InChI is InChI=1S/C7H11N3S.ClH/c1-4(8)6-2-5(3-11-6)7(9)10;/h2-4H,8H2,1H3,(H3,9,10);1H/t4-;/m1./s1. The molecule has 5 heteroatoms. The van der Waals surface area contributed by atoms with Crippen LogP contribution in [0.2, 0.25) is 0 Å². The van der Waals surface area contributed by atoms with Crippen LogP contribution in [0.4, 0.5) is 0 Å². The first kappa shape index (κ1) is 11.4. The summed E-state index contributed by atoms with van der Waals surface area (Å²) in [6.45, 7) is 1.91. The van der Waals surface area contributed by atoms with Crippen LogP contribution in [0.5, 0.6) is 0 Å². The SMILES string of the molecule is C[C@@H](N)c1cc(C(=N)N)cs1.Cl. The summed E-state index contributed by atoms with van der Waals surface area (Å²) in [5.74, 6) is 0.105. The number of rotatable bonds is 2. The number of hydrogen-bond donors (Lipinski definition) is 3. The quantitative estimate of drug-likeness (QED) is 0.505. The van der Waals surface area contributed by atoms with Gasteiger partial charge >= 0.3 is 0 Å². The van der Waals surface area contributed by atoms with E-state index in [4.69, 9.17) is 16.9 Å². The van der Waals surface area contributed by atoms with Gasteiger partial charge < -0.3 is 11.5 Å². The minimum Gasteiger partial charge on any atom is -0.384 e. The Morgan fingerprint density at radius 1 is 1.67 bits per heavy atom. The van der Waals surface area contributed by atoms with Crippen LogP contribution >= 0.6 is 23.7 Å². The van der Waals surface area contributed by atoms with Crippen LogP contribution in [0.25, 0.3) is 0 Å². The smallest absolute Gasteiger partial charge is 0.123 e. The molecule has 0 fully saturated rings. The van der Waals surface area contributed by atoms with Gasteiger partial charge in [0.05, 0.1) is 0 Å². The fraction of sp³-hybridized carbons (Fsp3) is 0.286. The van der Waals surface area contributed by atoms with Crippen LogP contribution in [-0.2, 0) is 0 Å². The number of nitrogens with two attached hydrogens (primary N) is 2. The largest absolute Gasteiger partial charge is 0.384 e. The third kappa shape index (κ3) is 2.48. The molecule has 0 radical (unpaired) electrons. The van der Waals surface area contributed by atoms with Gasteiger partial charge in [-0.1, -0.05) is 0 Å². The first-order valence-corrected chi connectivity index (χ1v) is 4.17. The van der Waals surface area contributed by atoms with E-state index >= 15 is 0 Å². The lowest BCUT2D eigenvalue weighted by atomic mass is 10.2. The molecule has 1 atom stereocenters. The first-order valence-electron chi connectivity index (χ1n) is 3.29. The second-order valence-electron chi connectivity index (χ2n) is 2.44. The average Bonchev–Trinajstić information content (AvgIpc) is 2.33. The molecule has 0 aliphatic heterocycles. The highest BCUT2D eigenvalue weighted by molar-refractivity contribution is 7.10. The molecule has 0 spiro atoms. The van der Waals surface area contributed by atoms with E-state index in [9.17, 15) is 0 Å². The molecule has 5 N–H and O–H groups in total. The summed E-state index contributed by atoms with van der Waals surface area (Å²) in [6, 6.07) is 1.89. The fourth-order valence-corrected chi connectivity index (χ4v) is 1.60. The second kappa shape index (κ2) is 4.45. The summed E-state index contributed by atoms with van der Waals surface area (Å²) in [6.07, 6.45) is 0. The van der Waals surface area contributed by atoms with Crippen molar-refractivity contribution in [1.82, 2.24) is 0 Å². The van der Waals surface area contributed by atoms with Crippen molar-refractivity contribution in [2.45, 2.75) is 13.0 Å². The number of thiophene rings is 1. The number of nitrogens with one attached hydrogen (secondary N) is 1. The van der Waals surface area contributed by atoms with Gasteiger partial charge in [-0.25, -0.2) is 0 Å². The molecule has 0 aromatic carbocycles. The Kier molecular flexibility index (Phi) is 4.23. The van der Waals surface area contributed by atoms with Crippen LogP contribution in [0.1, 0.15) is 23.4 Å². The summed E-state index contributed by atoms with van der Waals surface area (Å²) in [7, 11) is 0. The van der Waals surface area contributed by atoms with E-state index < -0.39 is 0 Å². The highest BCUT2D eigenvalue weighted by atomic mass is 35.5. The fourth-order valence-electron chi connectivity index (χ4n) is 0.733. The minimum absolute atomic E-state index is 0. The van der Waals surface area contributed by atoms with Crippen molar-refractivity contribution in [2.75, 3.05) is 0 Å². The van der Waals surface area contributed by atoms with Gasteiger partial charge in [0, 0.05) is 21.9 Å². The number of amidine groups is 1. The molecule has 0 aliphatic rings. The molecule has 0 saturated heterocycles. The summed E-state index contributed by atoms with van der Waals surface area (Å²) in [5, 5.41) is 8.98. The monoisotopic (exact) mass is 205 g/mol. The highest BCUT2D eigenvalue weighted by Gasteiger charge is 2.04. The Labute approximate surface area is 81.7 Å². The molecule has 68 valence electrons. The topological polar surface area (TPSA) is 75.9 Å². The lowest BCUT2D eigenvalue weighted by molar-refractivity contribution is 0.838. The molecule has 3 nitrogen and oxygen atoms in total. The summed E-state index contributed by atoms with van der Waals surface area (Å²) >= 11 is 1.54. The Hall–Kier alpha value is -0.580. The third-order valence-electron chi connectivity index (χ3n) is 1.38. The third-order valence-corrected chi connectivity index (χ3v) is 2.51. The van der Waals surface area contributed by atoms with Gasteiger partial charge in [0.15, 0.2) is 0 Å². The molecule has 1 aromatic rings. The normalized spacial score (nSPS) is 11.8. The molecule has 12 heavy (non-hydrogen) atoms. The molecule has 1 aromatic heterocycles. The van der Waals surface area contributed by atoms with Gasteiger partial charge in [-0.3, -0.25) is 5.41 Å². The molecular weight excluding hydrogens is 194 g/mol. The molecule has 0 saturated carbocycles. The van der Waals surface area contributed by atoms with E-state index in [1.807, 2.05) is 18.4 Å². The molecule has 0 aliphatic carbocycles. The van der Waals surface area contributed by atoms with Crippen LogP contribution in [0.15, 0.2) is 11.4 Å². The maximum Gasteiger partial charge on any atom is 0.123 e. The van der Waals surface area contributed by atoms with E-state index in [-0.39, 0.29) is 24.3 Å². The van der Waals surface area contributed by atoms with Crippen LogP contribution in [-0.4, -0.2) is 5.84 Å². The average molecular weight is 206 g/mol. The number of halogens is 1. The Morgan fingerprint density at radius 3 is 2.50 bits per heavy atom. The van der Waals surface area contributed by atoms with Gasteiger partial charge in [-0.2, -0.15) is 0 Å². The van der Waals surface area contributed by atoms with Crippen LogP contribution in [0.3, 0.4) is 0 Å². The van der Waals surface area contributed by atoms with Gasteiger partial charge in [0.25, 0.3) is 0 Å². The predicted octanol–water partition coefficient (Wildman–Crippen LogP) is 1.47. The summed E-state index contributed by atoms with van der Waals surface area (Å²) in [5.41, 5.74) is 11.7. The van der Waals surface area contributed by atoms with Gasteiger partial charge in [0.2, 0.25) is 0 Å². The van der Waals surface area contributed by atoms with Crippen LogP contribution in [0, 0.1) is 5.41 Å². The number of nitrogen functional groups attached to an aromatic ring is 1. The van der Waals surface area contributed by atoms with E-state index in [1.54, 1.807) is 11.3 Å². The maximum atomic E-state index is 7.13. The maximum absolute atomic E-state index is 7.13. The van der Waals surface area contributed by atoms with E-state index in [1.165, 1.54) is 0 Å². The Morgan fingerprint density at radius 2 is 2.25 bits per heavy atom. The van der Waals surface area contributed by atoms with Gasteiger partial charge in [-0.15, -0.1) is 23.7 Å². The summed E-state index contributed by atoms with van der Waals surface area (Å²) in [4.78, 5) is 1.07. The van der Waals surface area contributed by atoms with Gasteiger partial charge in [-0.05, 0) is 13.0 Å². The lowest BCUT2D eigenvalue weighted by Crippen LogP contribution is -2.09. The van der Waals surface area contributed by atoms with Crippen molar-refractivity contribution in [1.29, 1.82) is 5.41 Å². The molecule has 0 unspecified atom stereocenters. The molecule has 0 bridgehead atoms. The predicted molar refractivity (Wildman–Crippen MR) is 55.2 cm³/mol. The molecule has 1 heterocycles. The zero-order valence-electron chi connectivity index (χ0n) is 6.70. The van der Waals surface area contributed by atoms with Gasteiger partial charge in [0.1, 0.15) is 5.84 Å². The number of hydrogen-bond acceptors (Lipinski definition) is 3. The van der Waals surface area contributed by atoms with E-state index in [2.05, 4.69) is 0 Å². The second-order valence-corrected chi connectivity index (χ2v) is 3.38. The summed E-state index contributed by atoms with van der Waals surface area (Å²) < 4.78 is 0. The minimum atomic E-state index is 0. The van der Waals surface area contributed by atoms with Crippen molar-refractivity contribution in [3.8, 4) is 0 Å². The van der Waals surface area contributed by atoms with Crippen molar-refractivity contribution in [2.24, 2.45) is 11.5 Å². The lowest BCUT2D eigenvalue weighted by Gasteiger charge is -1.97. The van der Waals surface area contributed by atoms with E-state index in [0.29, 0.717) is 0 Å².